The van der Waals surface area contributed by atoms with Gasteiger partial charge in [-0.05, 0) is 24.0 Å². The second kappa shape index (κ2) is 9.32. The molecular formula is C21H29N5O2. The first-order valence-corrected chi connectivity index (χ1v) is 9.16. The molecule has 0 fully saturated rings. The van der Waals surface area contributed by atoms with Crippen molar-refractivity contribution in [2.45, 2.75) is 32.6 Å². The Balaban J connectivity index is 2.36. The third kappa shape index (κ3) is 4.67. The quantitative estimate of drug-likeness (QED) is 0.644. The summed E-state index contributed by atoms with van der Waals surface area (Å²) in [4.78, 5) is 8.62. The smallest absolute Gasteiger partial charge is 0.228 e. The molecule has 7 nitrogen and oxygen atoms in total. The van der Waals surface area contributed by atoms with Crippen LogP contribution in [0.25, 0.3) is 5.57 Å². The molecule has 0 aliphatic carbocycles. The lowest BCUT2D eigenvalue weighted by Crippen LogP contribution is -2.31. The van der Waals surface area contributed by atoms with Gasteiger partial charge in [0.15, 0.2) is 5.82 Å². The van der Waals surface area contributed by atoms with Crippen molar-refractivity contribution in [1.82, 2.24) is 10.1 Å². The van der Waals surface area contributed by atoms with Crippen LogP contribution in [-0.2, 0) is 16.6 Å². The molecule has 2 rings (SSSR count). The highest BCUT2D eigenvalue weighted by Crippen LogP contribution is 2.37. The summed E-state index contributed by atoms with van der Waals surface area (Å²) in [6.45, 7) is 10.5. The van der Waals surface area contributed by atoms with Crippen molar-refractivity contribution >= 4 is 11.8 Å². The third-order valence-corrected chi connectivity index (χ3v) is 4.97. The van der Waals surface area contributed by atoms with E-state index in [4.69, 9.17) is 20.7 Å². The van der Waals surface area contributed by atoms with E-state index in [1.807, 2.05) is 12.1 Å². The SMILES string of the molecule is C=C(N)/N=C\C(=C/N)c1ccc(C(C)(c2noc(CCOC)n2)C(C)C)cc1. The lowest BCUT2D eigenvalue weighted by molar-refractivity contribution is 0.192. The number of rotatable bonds is 9. The van der Waals surface area contributed by atoms with Gasteiger partial charge in [-0.2, -0.15) is 4.98 Å². The third-order valence-electron chi connectivity index (χ3n) is 4.97. The van der Waals surface area contributed by atoms with Gasteiger partial charge in [0.25, 0.3) is 0 Å². The molecule has 7 heteroatoms. The summed E-state index contributed by atoms with van der Waals surface area (Å²) in [5, 5.41) is 4.24. The van der Waals surface area contributed by atoms with E-state index in [2.05, 4.69) is 54.6 Å². The Kier molecular flexibility index (Phi) is 7.12. The zero-order valence-corrected chi connectivity index (χ0v) is 17.0. The van der Waals surface area contributed by atoms with Crippen LogP contribution >= 0.6 is 0 Å². The molecule has 0 radical (unpaired) electrons. The molecule has 150 valence electrons. The second-order valence-corrected chi connectivity index (χ2v) is 7.06. The van der Waals surface area contributed by atoms with Gasteiger partial charge in [-0.3, -0.25) is 0 Å². The Hall–Kier alpha value is -2.93. The molecular weight excluding hydrogens is 354 g/mol. The van der Waals surface area contributed by atoms with Gasteiger partial charge in [-0.25, -0.2) is 4.99 Å². The lowest BCUT2D eigenvalue weighted by Gasteiger charge is -2.31. The number of aliphatic imine (C=N–C) groups is 1. The van der Waals surface area contributed by atoms with Gasteiger partial charge in [0.05, 0.1) is 18.4 Å². The minimum Gasteiger partial charge on any atom is -0.404 e. The number of benzene rings is 1. The number of methoxy groups -OCH3 is 1. The van der Waals surface area contributed by atoms with Crippen LogP contribution in [0.15, 0.2) is 52.4 Å². The Morgan fingerprint density at radius 2 is 2.04 bits per heavy atom. The standard InChI is InChI=1S/C21H29N5O2/c1-14(2)21(4,20-25-19(28-26-20)10-11-27-5)18-8-6-16(7-9-18)17(12-22)13-24-15(3)23/h6-9,12-14H,3,10-11,22-23H2,1-2,4-5H3/b17-12+,24-13-. The number of nitrogens with two attached hydrogens (primary N) is 2. The molecule has 1 atom stereocenters. The van der Waals surface area contributed by atoms with Crippen molar-refractivity contribution in [1.29, 1.82) is 0 Å². The van der Waals surface area contributed by atoms with Crippen molar-refractivity contribution in [3.63, 3.8) is 0 Å². The number of hydrogen-bond donors (Lipinski definition) is 2. The molecule has 0 bridgehead atoms. The maximum absolute atomic E-state index is 5.73. The van der Waals surface area contributed by atoms with Gasteiger partial charge in [0.2, 0.25) is 5.89 Å². The van der Waals surface area contributed by atoms with Crippen LogP contribution in [0.2, 0.25) is 0 Å². The van der Waals surface area contributed by atoms with Crippen LogP contribution in [0.4, 0.5) is 0 Å². The molecule has 0 aliphatic rings. The summed E-state index contributed by atoms with van der Waals surface area (Å²) in [5.41, 5.74) is 13.6. The highest BCUT2D eigenvalue weighted by atomic mass is 16.5. The molecule has 28 heavy (non-hydrogen) atoms. The van der Waals surface area contributed by atoms with Gasteiger partial charge >= 0.3 is 0 Å². The van der Waals surface area contributed by atoms with Crippen LogP contribution in [0.1, 0.15) is 43.6 Å². The molecule has 0 saturated heterocycles. The molecule has 0 saturated carbocycles. The van der Waals surface area contributed by atoms with E-state index in [0.717, 1.165) is 16.7 Å². The Morgan fingerprint density at radius 3 is 2.57 bits per heavy atom. The van der Waals surface area contributed by atoms with E-state index in [1.54, 1.807) is 13.3 Å². The maximum Gasteiger partial charge on any atom is 0.228 e. The zero-order chi connectivity index (χ0) is 20.7. The summed E-state index contributed by atoms with van der Waals surface area (Å²) < 4.78 is 10.5. The molecule has 2 aromatic rings. The summed E-state index contributed by atoms with van der Waals surface area (Å²) >= 11 is 0. The molecule has 0 amide bonds. The zero-order valence-electron chi connectivity index (χ0n) is 17.0. The van der Waals surface area contributed by atoms with Gasteiger partial charge in [0.1, 0.15) is 5.82 Å². The highest BCUT2D eigenvalue weighted by molar-refractivity contribution is 6.09. The number of ether oxygens (including phenoxy) is 1. The average molecular weight is 383 g/mol. The molecule has 1 aromatic carbocycles. The molecule has 0 aliphatic heterocycles. The van der Waals surface area contributed by atoms with E-state index >= 15 is 0 Å². The normalized spacial score (nSPS) is 14.5. The fourth-order valence-electron chi connectivity index (χ4n) is 2.85. The van der Waals surface area contributed by atoms with Crippen molar-refractivity contribution in [3.05, 3.63) is 65.7 Å². The van der Waals surface area contributed by atoms with Crippen LogP contribution in [-0.4, -0.2) is 30.1 Å². The van der Waals surface area contributed by atoms with Crippen molar-refractivity contribution in [2.75, 3.05) is 13.7 Å². The fraction of sp³-hybridized carbons (Fsp3) is 0.381. The maximum atomic E-state index is 5.73. The number of allylic oxidation sites excluding steroid dienone is 1. The topological polar surface area (TPSA) is 113 Å². The van der Waals surface area contributed by atoms with Crippen LogP contribution in [0.5, 0.6) is 0 Å². The predicted molar refractivity (Wildman–Crippen MR) is 112 cm³/mol. The predicted octanol–water partition coefficient (Wildman–Crippen LogP) is 3.02. The van der Waals surface area contributed by atoms with Crippen molar-refractivity contribution in [3.8, 4) is 0 Å². The van der Waals surface area contributed by atoms with Gasteiger partial charge in [-0.15, -0.1) is 0 Å². The van der Waals surface area contributed by atoms with Crippen LogP contribution < -0.4 is 11.5 Å². The van der Waals surface area contributed by atoms with Gasteiger partial charge < -0.3 is 20.7 Å². The first kappa shape index (κ1) is 21.4. The monoisotopic (exact) mass is 383 g/mol. The van der Waals surface area contributed by atoms with Crippen LogP contribution in [0.3, 0.4) is 0 Å². The first-order chi connectivity index (χ1) is 13.3. The summed E-state index contributed by atoms with van der Waals surface area (Å²) in [5.74, 6) is 1.71. The van der Waals surface area contributed by atoms with Gasteiger partial charge in [-0.1, -0.05) is 49.8 Å². The highest BCUT2D eigenvalue weighted by Gasteiger charge is 2.37. The van der Waals surface area contributed by atoms with Crippen molar-refractivity contribution in [2.24, 2.45) is 22.4 Å². The minimum absolute atomic E-state index is 0.227. The second-order valence-electron chi connectivity index (χ2n) is 7.06. The Labute approximate surface area is 166 Å². The van der Waals surface area contributed by atoms with Crippen molar-refractivity contribution < 1.29 is 9.26 Å². The fourth-order valence-corrected chi connectivity index (χ4v) is 2.85. The summed E-state index contributed by atoms with van der Waals surface area (Å²) in [7, 11) is 1.65. The van der Waals surface area contributed by atoms with E-state index < -0.39 is 5.41 Å². The molecule has 0 spiro atoms. The first-order valence-electron chi connectivity index (χ1n) is 9.16. The number of aromatic nitrogens is 2. The average Bonchev–Trinajstić information content (AvgIpc) is 3.15. The molecule has 1 unspecified atom stereocenters. The van der Waals surface area contributed by atoms with E-state index in [9.17, 15) is 0 Å². The van der Waals surface area contributed by atoms with E-state index in [-0.39, 0.29) is 11.7 Å². The van der Waals surface area contributed by atoms with E-state index in [0.29, 0.717) is 24.7 Å². The van der Waals surface area contributed by atoms with E-state index in [1.165, 1.54) is 6.20 Å². The van der Waals surface area contributed by atoms with Gasteiger partial charge in [0, 0.05) is 25.1 Å². The molecule has 4 N–H and O–H groups in total. The molecule has 1 heterocycles. The van der Waals surface area contributed by atoms with Crippen LogP contribution in [0, 0.1) is 5.92 Å². The minimum atomic E-state index is -0.403. The lowest BCUT2D eigenvalue weighted by atomic mass is 9.72. The number of nitrogens with zero attached hydrogens (tertiary/aromatic N) is 3. The molecule has 1 aromatic heterocycles. The summed E-state index contributed by atoms with van der Waals surface area (Å²) in [6.07, 6.45) is 3.68. The number of hydrogen-bond acceptors (Lipinski definition) is 7. The Bertz CT molecular complexity index is 852. The Morgan fingerprint density at radius 1 is 1.36 bits per heavy atom. The largest absolute Gasteiger partial charge is 0.404 e. The summed E-state index contributed by atoms with van der Waals surface area (Å²) in [6, 6.07) is 8.09.